The van der Waals surface area contributed by atoms with Crippen molar-refractivity contribution < 1.29 is 9.90 Å². The van der Waals surface area contributed by atoms with Crippen molar-refractivity contribution in [2.45, 2.75) is 45.2 Å². The molecular formula is C25H32N4O2. The first-order valence-corrected chi connectivity index (χ1v) is 10.8. The molecule has 0 spiro atoms. The van der Waals surface area contributed by atoms with Crippen molar-refractivity contribution in [3.05, 3.63) is 77.5 Å². The van der Waals surface area contributed by atoms with E-state index in [1.54, 1.807) is 6.20 Å². The van der Waals surface area contributed by atoms with Gasteiger partial charge in [0.05, 0.1) is 24.2 Å². The number of carboxylic acid groups (broad SMARTS) is 1. The van der Waals surface area contributed by atoms with Gasteiger partial charge in [-0.3, -0.25) is 4.79 Å². The number of allylic oxidation sites excluding steroid dienone is 2. The average Bonchev–Trinajstić information content (AvgIpc) is 2.77. The summed E-state index contributed by atoms with van der Waals surface area (Å²) in [5.74, 6) is 0.301. The number of carboxylic acids is 1. The summed E-state index contributed by atoms with van der Waals surface area (Å²) in [6.45, 7) is 7.81. The maximum atomic E-state index is 11.1. The number of benzene rings is 1. The summed E-state index contributed by atoms with van der Waals surface area (Å²) in [4.78, 5) is 15.5. The standard InChI is InChI=1S/C25H32N4O2/c1-4-8-19(5-2)24(22-16-27-21-11-7-12-26-25(21)29-22)28-15-17(3)20-10-6-9-18(13-20)14-23(30)31/h4-13,17,22,24,27-28H,14-16H2,1-3H3,(H,26,29)(H,30,31)/b8-4-,19-5+/t17-,22-,24-/m1/s1. The Bertz CT molecular complexity index is 954. The number of nitrogens with zero attached hydrogens (tertiary/aromatic N) is 1. The Labute approximate surface area is 184 Å². The van der Waals surface area contributed by atoms with E-state index in [0.717, 1.165) is 35.7 Å². The molecule has 31 heavy (non-hydrogen) atoms. The summed E-state index contributed by atoms with van der Waals surface area (Å²) in [5.41, 5.74) is 4.21. The normalized spacial score (nSPS) is 18.0. The molecule has 0 bridgehead atoms. The number of hydrogen-bond acceptors (Lipinski definition) is 5. The number of aliphatic carboxylic acids is 1. The lowest BCUT2D eigenvalue weighted by atomic mass is 9.94. The van der Waals surface area contributed by atoms with Crippen LogP contribution in [0.4, 0.5) is 11.5 Å². The molecule has 0 fully saturated rings. The van der Waals surface area contributed by atoms with Crippen molar-refractivity contribution in [1.29, 1.82) is 0 Å². The van der Waals surface area contributed by atoms with Crippen LogP contribution in [0.15, 0.2) is 66.4 Å². The van der Waals surface area contributed by atoms with Gasteiger partial charge in [0.15, 0.2) is 0 Å². The van der Waals surface area contributed by atoms with E-state index in [2.05, 4.69) is 59.1 Å². The zero-order valence-electron chi connectivity index (χ0n) is 18.4. The quantitative estimate of drug-likeness (QED) is 0.455. The van der Waals surface area contributed by atoms with E-state index >= 15 is 0 Å². The molecule has 2 aromatic rings. The lowest BCUT2D eigenvalue weighted by molar-refractivity contribution is -0.136. The highest BCUT2D eigenvalue weighted by molar-refractivity contribution is 5.70. The molecule has 4 N–H and O–H groups in total. The minimum absolute atomic E-state index is 0.0463. The van der Waals surface area contributed by atoms with E-state index in [0.29, 0.717) is 0 Å². The van der Waals surface area contributed by atoms with Gasteiger partial charge in [-0.05, 0) is 48.6 Å². The van der Waals surface area contributed by atoms with Gasteiger partial charge in [0.1, 0.15) is 5.82 Å². The van der Waals surface area contributed by atoms with Gasteiger partial charge >= 0.3 is 5.97 Å². The minimum atomic E-state index is -0.808. The Morgan fingerprint density at radius 3 is 2.90 bits per heavy atom. The smallest absolute Gasteiger partial charge is 0.307 e. The predicted molar refractivity (Wildman–Crippen MR) is 127 cm³/mol. The van der Waals surface area contributed by atoms with Crippen molar-refractivity contribution in [1.82, 2.24) is 10.3 Å². The van der Waals surface area contributed by atoms with Crippen LogP contribution in [0.1, 0.15) is 37.8 Å². The highest BCUT2D eigenvalue weighted by Gasteiger charge is 2.28. The molecule has 0 saturated heterocycles. The summed E-state index contributed by atoms with van der Waals surface area (Å²) < 4.78 is 0. The highest BCUT2D eigenvalue weighted by Crippen LogP contribution is 2.26. The number of rotatable bonds is 9. The summed E-state index contributed by atoms with van der Waals surface area (Å²) >= 11 is 0. The van der Waals surface area contributed by atoms with Crippen LogP contribution in [0, 0.1) is 0 Å². The van der Waals surface area contributed by atoms with Crippen molar-refractivity contribution in [2.24, 2.45) is 0 Å². The fraction of sp³-hybridized carbons (Fsp3) is 0.360. The molecule has 0 amide bonds. The van der Waals surface area contributed by atoms with Gasteiger partial charge in [-0.15, -0.1) is 0 Å². The van der Waals surface area contributed by atoms with Crippen LogP contribution in [-0.4, -0.2) is 41.2 Å². The maximum absolute atomic E-state index is 11.1. The number of carbonyl (C=O) groups is 1. The second-order valence-corrected chi connectivity index (χ2v) is 7.92. The zero-order valence-corrected chi connectivity index (χ0v) is 18.4. The van der Waals surface area contributed by atoms with Crippen LogP contribution in [0.5, 0.6) is 0 Å². The van der Waals surface area contributed by atoms with Crippen LogP contribution in [0.3, 0.4) is 0 Å². The van der Waals surface area contributed by atoms with Crippen LogP contribution in [0.2, 0.25) is 0 Å². The number of anilines is 2. The molecule has 1 aliphatic heterocycles. The van der Waals surface area contributed by atoms with E-state index in [9.17, 15) is 4.79 Å². The molecule has 164 valence electrons. The molecule has 0 unspecified atom stereocenters. The molecule has 6 nitrogen and oxygen atoms in total. The molecule has 6 heteroatoms. The SMILES string of the molecule is C/C=C\C(=C/C)[C@@H](NC[C@@H](C)c1cccc(CC(=O)O)c1)[C@H]1CNc2cccnc2N1. The van der Waals surface area contributed by atoms with Gasteiger partial charge < -0.3 is 21.1 Å². The van der Waals surface area contributed by atoms with Crippen LogP contribution >= 0.6 is 0 Å². The Morgan fingerprint density at radius 1 is 1.32 bits per heavy atom. The van der Waals surface area contributed by atoms with E-state index < -0.39 is 5.97 Å². The predicted octanol–water partition coefficient (Wildman–Crippen LogP) is 4.20. The lowest BCUT2D eigenvalue weighted by Gasteiger charge is -2.35. The van der Waals surface area contributed by atoms with Crippen molar-refractivity contribution in [3.8, 4) is 0 Å². The topological polar surface area (TPSA) is 86.3 Å². The molecular weight excluding hydrogens is 388 g/mol. The monoisotopic (exact) mass is 420 g/mol. The molecule has 3 atom stereocenters. The molecule has 2 heterocycles. The van der Waals surface area contributed by atoms with Gasteiger partial charge in [0.2, 0.25) is 0 Å². The summed E-state index contributed by atoms with van der Waals surface area (Å²) in [5, 5.41) is 19.9. The summed E-state index contributed by atoms with van der Waals surface area (Å²) in [7, 11) is 0. The van der Waals surface area contributed by atoms with Crippen LogP contribution in [-0.2, 0) is 11.2 Å². The number of hydrogen-bond donors (Lipinski definition) is 4. The number of fused-ring (bicyclic) bond motifs is 1. The van der Waals surface area contributed by atoms with Crippen LogP contribution in [0.25, 0.3) is 0 Å². The zero-order chi connectivity index (χ0) is 22.2. The molecule has 1 aromatic heterocycles. The lowest BCUT2D eigenvalue weighted by Crippen LogP contribution is -2.51. The summed E-state index contributed by atoms with van der Waals surface area (Å²) in [6.07, 6.45) is 8.19. The first kappa shape index (κ1) is 22.6. The number of pyridine rings is 1. The molecule has 3 rings (SSSR count). The molecule has 1 aromatic carbocycles. The molecule has 1 aliphatic rings. The van der Waals surface area contributed by atoms with Crippen molar-refractivity contribution >= 4 is 17.5 Å². The Morgan fingerprint density at radius 2 is 2.16 bits per heavy atom. The number of aromatic nitrogens is 1. The van der Waals surface area contributed by atoms with Gasteiger partial charge in [-0.25, -0.2) is 4.98 Å². The van der Waals surface area contributed by atoms with Gasteiger partial charge in [0, 0.05) is 19.3 Å². The third kappa shape index (κ3) is 5.95. The summed E-state index contributed by atoms with van der Waals surface area (Å²) in [6, 6.07) is 12.1. The Kier molecular flexibility index (Phi) is 7.84. The second-order valence-electron chi connectivity index (χ2n) is 7.92. The van der Waals surface area contributed by atoms with Crippen molar-refractivity contribution in [3.63, 3.8) is 0 Å². The Balaban J connectivity index is 1.74. The van der Waals surface area contributed by atoms with Gasteiger partial charge in [-0.1, -0.05) is 49.4 Å². The van der Waals surface area contributed by atoms with E-state index in [1.165, 1.54) is 5.57 Å². The molecule has 0 radical (unpaired) electrons. The Hall–Kier alpha value is -3.12. The molecule has 0 aliphatic carbocycles. The van der Waals surface area contributed by atoms with E-state index in [4.69, 9.17) is 5.11 Å². The largest absolute Gasteiger partial charge is 0.481 e. The first-order chi connectivity index (χ1) is 15.0. The van der Waals surface area contributed by atoms with Gasteiger partial charge in [0.25, 0.3) is 0 Å². The fourth-order valence-corrected chi connectivity index (χ4v) is 3.98. The number of nitrogens with one attached hydrogen (secondary N) is 3. The van der Waals surface area contributed by atoms with Gasteiger partial charge in [-0.2, -0.15) is 0 Å². The minimum Gasteiger partial charge on any atom is -0.481 e. The first-order valence-electron chi connectivity index (χ1n) is 10.8. The van der Waals surface area contributed by atoms with E-state index in [-0.39, 0.29) is 24.4 Å². The fourth-order valence-electron chi connectivity index (χ4n) is 3.98. The van der Waals surface area contributed by atoms with Crippen LogP contribution < -0.4 is 16.0 Å². The third-order valence-corrected chi connectivity index (χ3v) is 5.62. The maximum Gasteiger partial charge on any atom is 0.307 e. The second kappa shape index (κ2) is 10.8. The molecule has 0 saturated carbocycles. The van der Waals surface area contributed by atoms with Crippen molar-refractivity contribution in [2.75, 3.05) is 23.7 Å². The third-order valence-electron chi connectivity index (χ3n) is 5.62. The highest BCUT2D eigenvalue weighted by atomic mass is 16.4. The average molecular weight is 421 g/mol. The van der Waals surface area contributed by atoms with E-state index in [1.807, 2.05) is 37.3 Å².